The van der Waals surface area contributed by atoms with E-state index in [2.05, 4.69) is 43.6 Å². The van der Waals surface area contributed by atoms with Crippen molar-refractivity contribution in [3.8, 4) is 5.69 Å². The van der Waals surface area contributed by atoms with Gasteiger partial charge in [0, 0.05) is 37.5 Å². The summed E-state index contributed by atoms with van der Waals surface area (Å²) in [5, 5.41) is 11.9. The SMILES string of the molecule is CC.Cc1ccc(-n2nccn2)c(C(=O)C2CN(C(=C/N)/N=C/CC3=CC=CC=CC3)CCCN2)c1. The van der Waals surface area contributed by atoms with Gasteiger partial charge in [0.1, 0.15) is 5.82 Å². The van der Waals surface area contributed by atoms with Crippen LogP contribution in [0.25, 0.3) is 5.69 Å². The average Bonchev–Trinajstić information content (AvgIpc) is 3.16. The van der Waals surface area contributed by atoms with Gasteiger partial charge in [-0.2, -0.15) is 15.0 Å². The number of nitrogens with two attached hydrogens (primary N) is 1. The zero-order valence-corrected chi connectivity index (χ0v) is 21.5. The minimum absolute atomic E-state index is 0.00503. The van der Waals surface area contributed by atoms with Crippen LogP contribution in [-0.2, 0) is 0 Å². The van der Waals surface area contributed by atoms with Crippen molar-refractivity contribution in [1.29, 1.82) is 0 Å². The van der Waals surface area contributed by atoms with Crippen molar-refractivity contribution in [3.63, 3.8) is 0 Å². The highest BCUT2D eigenvalue weighted by Gasteiger charge is 2.28. The summed E-state index contributed by atoms with van der Waals surface area (Å²) in [5.74, 6) is 0.686. The van der Waals surface area contributed by atoms with Gasteiger partial charge in [-0.05, 0) is 38.4 Å². The molecule has 2 aromatic rings. The maximum Gasteiger partial charge on any atom is 0.183 e. The second kappa shape index (κ2) is 13.9. The Morgan fingerprint density at radius 1 is 1.22 bits per heavy atom. The lowest BCUT2D eigenvalue weighted by atomic mass is 10.00. The summed E-state index contributed by atoms with van der Waals surface area (Å²) in [6, 6.07) is 5.35. The van der Waals surface area contributed by atoms with Gasteiger partial charge in [0.25, 0.3) is 0 Å². The van der Waals surface area contributed by atoms with Gasteiger partial charge in [-0.3, -0.25) is 4.79 Å². The van der Waals surface area contributed by atoms with E-state index in [1.54, 1.807) is 12.4 Å². The molecule has 2 heterocycles. The number of ketones is 1. The normalized spacial score (nSPS) is 18.3. The number of nitrogens with one attached hydrogen (secondary N) is 1. The molecule has 1 unspecified atom stereocenters. The molecule has 1 aromatic carbocycles. The number of hydrogen-bond acceptors (Lipinski definition) is 7. The lowest BCUT2D eigenvalue weighted by molar-refractivity contribution is 0.0931. The number of Topliss-reactive ketones (excluding diaryl/α,β-unsaturated/α-hetero) is 1. The van der Waals surface area contributed by atoms with Crippen LogP contribution in [0, 0.1) is 6.92 Å². The highest BCUT2D eigenvalue weighted by Crippen LogP contribution is 2.20. The predicted octanol–water partition coefficient (Wildman–Crippen LogP) is 4.11. The third-order valence-electron chi connectivity index (χ3n) is 5.89. The molecule has 0 radical (unpaired) electrons. The molecule has 1 aliphatic carbocycles. The van der Waals surface area contributed by atoms with E-state index in [4.69, 9.17) is 5.73 Å². The largest absolute Gasteiger partial charge is 0.402 e. The first-order valence-corrected chi connectivity index (χ1v) is 12.6. The molecule has 1 aliphatic heterocycles. The van der Waals surface area contributed by atoms with Crippen molar-refractivity contribution in [1.82, 2.24) is 25.2 Å². The molecule has 4 rings (SSSR count). The van der Waals surface area contributed by atoms with E-state index in [1.165, 1.54) is 16.6 Å². The number of carbonyl (C=O) groups is 1. The number of aromatic nitrogens is 3. The summed E-state index contributed by atoms with van der Waals surface area (Å²) < 4.78 is 0. The van der Waals surface area contributed by atoms with E-state index in [0.29, 0.717) is 23.6 Å². The number of rotatable bonds is 7. The smallest absolute Gasteiger partial charge is 0.183 e. The second-order valence-corrected chi connectivity index (χ2v) is 8.39. The van der Waals surface area contributed by atoms with Crippen molar-refractivity contribution < 1.29 is 4.79 Å². The number of nitrogens with zero attached hydrogens (tertiary/aromatic N) is 5. The Morgan fingerprint density at radius 3 is 2.81 bits per heavy atom. The fraction of sp³-hybridized carbons (Fsp3) is 0.357. The zero-order valence-electron chi connectivity index (χ0n) is 21.5. The molecule has 0 bridgehead atoms. The predicted molar refractivity (Wildman–Crippen MR) is 146 cm³/mol. The van der Waals surface area contributed by atoms with Crippen LogP contribution in [0.2, 0.25) is 0 Å². The maximum atomic E-state index is 13.7. The van der Waals surface area contributed by atoms with Gasteiger partial charge in [0.2, 0.25) is 0 Å². The molecule has 1 aromatic heterocycles. The summed E-state index contributed by atoms with van der Waals surface area (Å²) >= 11 is 0. The van der Waals surface area contributed by atoms with E-state index >= 15 is 0 Å². The first kappa shape index (κ1) is 26.8. The van der Waals surface area contributed by atoms with Crippen LogP contribution in [0.4, 0.5) is 0 Å². The summed E-state index contributed by atoms with van der Waals surface area (Å²) in [5.41, 5.74) is 9.52. The topological polar surface area (TPSA) is 101 Å². The van der Waals surface area contributed by atoms with Crippen LogP contribution in [0.3, 0.4) is 0 Å². The molecule has 1 fully saturated rings. The molecule has 1 atom stereocenters. The summed E-state index contributed by atoms with van der Waals surface area (Å²) in [6.07, 6.45) is 19.6. The Morgan fingerprint density at radius 2 is 2.03 bits per heavy atom. The monoisotopic (exact) mass is 487 g/mol. The summed E-state index contributed by atoms with van der Waals surface area (Å²) in [6.45, 7) is 7.96. The Balaban J connectivity index is 0.00000176. The van der Waals surface area contributed by atoms with Crippen molar-refractivity contribution in [2.75, 3.05) is 19.6 Å². The van der Waals surface area contributed by atoms with Crippen molar-refractivity contribution in [3.05, 3.63) is 89.7 Å². The number of hydrogen-bond donors (Lipinski definition) is 2. The van der Waals surface area contributed by atoms with Crippen LogP contribution < -0.4 is 11.1 Å². The fourth-order valence-corrected chi connectivity index (χ4v) is 4.12. The molecular weight excluding hydrogens is 450 g/mol. The number of aryl methyl sites for hydroxylation is 1. The first-order valence-electron chi connectivity index (χ1n) is 12.6. The standard InChI is InChI=1S/C26H31N7O.C2H6/c1-20-9-10-24(33-30-14-15-31-33)22(17-20)26(34)23-19-32(16-6-12-28-23)25(18-27)29-13-11-21-7-4-2-3-5-8-21;1-2/h2-5,7,9-10,13-15,17-18,23,28H,6,8,11-12,16,19,27H2,1H3;1-2H3/b25-18+,29-13+;. The second-order valence-electron chi connectivity index (χ2n) is 8.39. The minimum Gasteiger partial charge on any atom is -0.402 e. The van der Waals surface area contributed by atoms with Gasteiger partial charge in [0.05, 0.1) is 24.1 Å². The number of benzene rings is 1. The molecule has 190 valence electrons. The van der Waals surface area contributed by atoms with E-state index in [9.17, 15) is 4.79 Å². The Bertz CT molecular complexity index is 1140. The van der Waals surface area contributed by atoms with Gasteiger partial charge in [-0.25, -0.2) is 4.99 Å². The van der Waals surface area contributed by atoms with Gasteiger partial charge >= 0.3 is 0 Å². The van der Waals surface area contributed by atoms with Crippen LogP contribution in [0.5, 0.6) is 0 Å². The third kappa shape index (κ3) is 7.11. The van der Waals surface area contributed by atoms with Crippen molar-refractivity contribution in [2.45, 2.75) is 46.1 Å². The van der Waals surface area contributed by atoms with E-state index < -0.39 is 6.04 Å². The Hall–Kier alpha value is -3.78. The molecule has 1 saturated heterocycles. The van der Waals surface area contributed by atoms with E-state index in [-0.39, 0.29) is 5.78 Å². The number of allylic oxidation sites excluding steroid dienone is 6. The van der Waals surface area contributed by atoms with Crippen molar-refractivity contribution in [2.24, 2.45) is 10.7 Å². The maximum absolute atomic E-state index is 13.7. The van der Waals surface area contributed by atoms with Gasteiger partial charge < -0.3 is 16.0 Å². The minimum atomic E-state index is -0.399. The highest BCUT2D eigenvalue weighted by molar-refractivity contribution is 6.03. The third-order valence-corrected chi connectivity index (χ3v) is 5.89. The zero-order chi connectivity index (χ0) is 25.8. The molecule has 0 amide bonds. The quantitative estimate of drug-likeness (QED) is 0.450. The van der Waals surface area contributed by atoms with E-state index in [1.807, 2.05) is 57.3 Å². The lowest BCUT2D eigenvalue weighted by Gasteiger charge is -2.26. The van der Waals surface area contributed by atoms with Crippen molar-refractivity contribution >= 4 is 12.0 Å². The first-order chi connectivity index (χ1) is 17.7. The lowest BCUT2D eigenvalue weighted by Crippen LogP contribution is -2.43. The average molecular weight is 488 g/mol. The Kier molecular flexibility index (Phi) is 10.4. The molecular formula is C28H37N7O. The van der Waals surface area contributed by atoms with E-state index in [0.717, 1.165) is 37.9 Å². The van der Waals surface area contributed by atoms with Crippen LogP contribution in [0.15, 0.2) is 83.6 Å². The van der Waals surface area contributed by atoms with Gasteiger partial charge in [-0.1, -0.05) is 61.4 Å². The highest BCUT2D eigenvalue weighted by atomic mass is 16.1. The summed E-state index contributed by atoms with van der Waals surface area (Å²) in [4.78, 5) is 21.9. The van der Waals surface area contributed by atoms with Crippen LogP contribution >= 0.6 is 0 Å². The fourth-order valence-electron chi connectivity index (χ4n) is 4.12. The van der Waals surface area contributed by atoms with Gasteiger partial charge in [0.15, 0.2) is 5.78 Å². The molecule has 36 heavy (non-hydrogen) atoms. The van der Waals surface area contributed by atoms with Crippen LogP contribution in [0.1, 0.15) is 49.0 Å². The summed E-state index contributed by atoms with van der Waals surface area (Å²) in [7, 11) is 0. The molecule has 8 nitrogen and oxygen atoms in total. The molecule has 0 saturated carbocycles. The van der Waals surface area contributed by atoms with Gasteiger partial charge in [-0.15, -0.1) is 0 Å². The molecule has 3 N–H and O–H groups in total. The molecule has 0 spiro atoms. The number of carbonyl (C=O) groups excluding carboxylic acids is 1. The van der Waals surface area contributed by atoms with Crippen LogP contribution in [-0.4, -0.2) is 57.6 Å². The number of aliphatic imine (C=N–C) groups is 1. The Labute approximate surface area is 214 Å². The molecule has 2 aliphatic rings. The molecule has 8 heteroatoms.